The molecule has 0 aromatic heterocycles. The molecule has 2 heterocycles. The molecule has 0 aromatic rings. The second kappa shape index (κ2) is 2.46. The smallest absolute Gasteiger partial charge is 0.0645 e. The highest BCUT2D eigenvalue weighted by Gasteiger charge is 2.48. The summed E-state index contributed by atoms with van der Waals surface area (Å²) in [6.45, 7) is 3.24. The Morgan fingerprint density at radius 2 is 2.27 bits per heavy atom. The van der Waals surface area contributed by atoms with E-state index in [1.165, 1.54) is 19.3 Å². The fraction of sp³-hybridized carbons (Fsp3) is 1.00. The van der Waals surface area contributed by atoms with Crippen molar-refractivity contribution in [3.05, 3.63) is 0 Å². The normalized spacial score (nSPS) is 48.5. The highest BCUT2D eigenvalue weighted by Crippen LogP contribution is 2.41. The summed E-state index contributed by atoms with van der Waals surface area (Å²) in [5, 5.41) is 3.60. The quantitative estimate of drug-likeness (QED) is 0.646. The van der Waals surface area contributed by atoms with Crippen LogP contribution in [0, 0.1) is 5.92 Å². The number of nitrogens with one attached hydrogen (secondary N) is 1. The standard InChI is InChI=1S/C9H17NO/c1-7-3-8-5-9(4-7,10-8)6-11-2/h7-8,10H,3-6H2,1-2H3/t7-,8?,9?/m1/s1. The molecule has 0 radical (unpaired) electrons. The van der Waals surface area contributed by atoms with Gasteiger partial charge >= 0.3 is 0 Å². The predicted molar refractivity (Wildman–Crippen MR) is 44.5 cm³/mol. The van der Waals surface area contributed by atoms with Crippen LogP contribution in [-0.2, 0) is 4.74 Å². The minimum atomic E-state index is 0.372. The lowest BCUT2D eigenvalue weighted by molar-refractivity contribution is -0.0213. The molecular formula is C9H17NO. The van der Waals surface area contributed by atoms with E-state index < -0.39 is 0 Å². The van der Waals surface area contributed by atoms with E-state index in [9.17, 15) is 0 Å². The first-order chi connectivity index (χ1) is 5.24. The summed E-state index contributed by atoms with van der Waals surface area (Å²) in [6.07, 6.45) is 4.01. The number of hydrogen-bond acceptors (Lipinski definition) is 2. The van der Waals surface area contributed by atoms with Crippen molar-refractivity contribution >= 4 is 0 Å². The number of ether oxygens (including phenoxy) is 1. The van der Waals surface area contributed by atoms with Gasteiger partial charge in [0, 0.05) is 18.7 Å². The topological polar surface area (TPSA) is 21.3 Å². The highest BCUT2D eigenvalue weighted by molar-refractivity contribution is 5.08. The van der Waals surface area contributed by atoms with Gasteiger partial charge in [0.25, 0.3) is 0 Å². The van der Waals surface area contributed by atoms with Gasteiger partial charge < -0.3 is 10.1 Å². The number of methoxy groups -OCH3 is 1. The lowest BCUT2D eigenvalue weighted by Gasteiger charge is -2.55. The summed E-state index contributed by atoms with van der Waals surface area (Å²) < 4.78 is 5.21. The third-order valence-electron chi connectivity index (χ3n) is 2.99. The predicted octanol–water partition coefficient (Wildman–Crippen LogP) is 1.16. The fourth-order valence-electron chi connectivity index (χ4n) is 2.84. The van der Waals surface area contributed by atoms with Crippen molar-refractivity contribution in [2.24, 2.45) is 5.92 Å². The van der Waals surface area contributed by atoms with Gasteiger partial charge in [-0.1, -0.05) is 6.92 Å². The third kappa shape index (κ3) is 1.18. The Labute approximate surface area is 68.3 Å². The van der Waals surface area contributed by atoms with Crippen LogP contribution in [0.25, 0.3) is 0 Å². The SMILES string of the molecule is COCC12CC(C[C@@H](C)C1)N2. The molecule has 3 atom stereocenters. The van der Waals surface area contributed by atoms with Gasteiger partial charge in [-0.2, -0.15) is 0 Å². The molecule has 11 heavy (non-hydrogen) atoms. The van der Waals surface area contributed by atoms with Crippen LogP contribution in [0.3, 0.4) is 0 Å². The van der Waals surface area contributed by atoms with Crippen LogP contribution in [-0.4, -0.2) is 25.3 Å². The van der Waals surface area contributed by atoms with Crippen molar-refractivity contribution in [1.82, 2.24) is 5.32 Å². The van der Waals surface area contributed by atoms with Crippen molar-refractivity contribution in [2.75, 3.05) is 13.7 Å². The lowest BCUT2D eigenvalue weighted by Crippen LogP contribution is -2.69. The minimum absolute atomic E-state index is 0.372. The van der Waals surface area contributed by atoms with Gasteiger partial charge in [0.05, 0.1) is 6.61 Å². The van der Waals surface area contributed by atoms with Crippen LogP contribution >= 0.6 is 0 Å². The van der Waals surface area contributed by atoms with Crippen LogP contribution in [0.5, 0.6) is 0 Å². The maximum atomic E-state index is 5.21. The van der Waals surface area contributed by atoms with Crippen molar-refractivity contribution in [3.8, 4) is 0 Å². The van der Waals surface area contributed by atoms with Crippen LogP contribution in [0.4, 0.5) is 0 Å². The molecule has 2 nitrogen and oxygen atoms in total. The molecule has 1 saturated carbocycles. The maximum Gasteiger partial charge on any atom is 0.0645 e. The Morgan fingerprint density at radius 1 is 1.55 bits per heavy atom. The Bertz CT molecular complexity index is 146. The molecule has 1 N–H and O–H groups in total. The zero-order valence-corrected chi connectivity index (χ0v) is 7.39. The van der Waals surface area contributed by atoms with Gasteiger partial charge in [0.2, 0.25) is 0 Å². The molecule has 2 aliphatic heterocycles. The first-order valence-corrected chi connectivity index (χ1v) is 4.51. The van der Waals surface area contributed by atoms with E-state index >= 15 is 0 Å². The molecular weight excluding hydrogens is 138 g/mol. The fourth-order valence-corrected chi connectivity index (χ4v) is 2.84. The summed E-state index contributed by atoms with van der Waals surface area (Å²) in [5.41, 5.74) is 0.372. The third-order valence-corrected chi connectivity index (χ3v) is 2.99. The summed E-state index contributed by atoms with van der Waals surface area (Å²) in [4.78, 5) is 0. The largest absolute Gasteiger partial charge is 0.383 e. The van der Waals surface area contributed by atoms with Gasteiger partial charge in [-0.3, -0.25) is 0 Å². The van der Waals surface area contributed by atoms with Crippen LogP contribution in [0.15, 0.2) is 0 Å². The number of fused-ring (bicyclic) bond motifs is 2. The van der Waals surface area contributed by atoms with Gasteiger partial charge in [0.15, 0.2) is 0 Å². The summed E-state index contributed by atoms with van der Waals surface area (Å²) in [5.74, 6) is 0.894. The summed E-state index contributed by atoms with van der Waals surface area (Å²) in [6, 6.07) is 0.800. The van der Waals surface area contributed by atoms with E-state index in [0.717, 1.165) is 18.6 Å². The molecule has 0 aromatic carbocycles. The highest BCUT2D eigenvalue weighted by atomic mass is 16.5. The monoisotopic (exact) mass is 155 g/mol. The average molecular weight is 155 g/mol. The zero-order valence-electron chi connectivity index (χ0n) is 7.39. The molecule has 64 valence electrons. The molecule has 0 amide bonds. The molecule has 3 rings (SSSR count). The van der Waals surface area contributed by atoms with Crippen LogP contribution < -0.4 is 5.32 Å². The van der Waals surface area contributed by atoms with E-state index in [1.807, 2.05) is 0 Å². The van der Waals surface area contributed by atoms with E-state index in [2.05, 4.69) is 12.2 Å². The van der Waals surface area contributed by atoms with Crippen molar-refractivity contribution < 1.29 is 4.74 Å². The van der Waals surface area contributed by atoms with Crippen molar-refractivity contribution in [1.29, 1.82) is 0 Å². The van der Waals surface area contributed by atoms with E-state index in [1.54, 1.807) is 7.11 Å². The minimum Gasteiger partial charge on any atom is -0.383 e. The summed E-state index contributed by atoms with van der Waals surface area (Å²) in [7, 11) is 1.79. The van der Waals surface area contributed by atoms with Crippen molar-refractivity contribution in [2.45, 2.75) is 37.8 Å². The second-order valence-electron chi connectivity index (χ2n) is 4.30. The first kappa shape index (κ1) is 7.56. The van der Waals surface area contributed by atoms with Gasteiger partial charge in [-0.05, 0) is 25.2 Å². The Balaban J connectivity index is 1.95. The van der Waals surface area contributed by atoms with Crippen molar-refractivity contribution in [3.63, 3.8) is 0 Å². The first-order valence-electron chi connectivity index (χ1n) is 4.51. The van der Waals surface area contributed by atoms with E-state index in [0.29, 0.717) is 5.54 Å². The molecule has 2 bridgehead atoms. The zero-order chi connectivity index (χ0) is 7.90. The molecule has 3 fully saturated rings. The number of rotatable bonds is 2. The molecule has 2 saturated heterocycles. The Hall–Kier alpha value is -0.0800. The average Bonchev–Trinajstić information content (AvgIpc) is 1.84. The van der Waals surface area contributed by atoms with Gasteiger partial charge in [0.1, 0.15) is 0 Å². The Morgan fingerprint density at radius 3 is 2.82 bits per heavy atom. The molecule has 1 aliphatic carbocycles. The van der Waals surface area contributed by atoms with E-state index in [-0.39, 0.29) is 0 Å². The molecule has 3 aliphatic rings. The van der Waals surface area contributed by atoms with Crippen LogP contribution in [0.1, 0.15) is 26.2 Å². The molecule has 2 heteroatoms. The Kier molecular flexibility index (Phi) is 1.69. The second-order valence-corrected chi connectivity index (χ2v) is 4.30. The maximum absolute atomic E-state index is 5.21. The van der Waals surface area contributed by atoms with E-state index in [4.69, 9.17) is 4.74 Å². The summed E-state index contributed by atoms with van der Waals surface area (Å²) >= 11 is 0. The number of hydrogen-bond donors (Lipinski definition) is 1. The van der Waals surface area contributed by atoms with Crippen LogP contribution in [0.2, 0.25) is 0 Å². The van der Waals surface area contributed by atoms with Gasteiger partial charge in [-0.25, -0.2) is 0 Å². The molecule has 0 spiro atoms. The lowest BCUT2D eigenvalue weighted by atomic mass is 9.67. The van der Waals surface area contributed by atoms with Gasteiger partial charge in [-0.15, -0.1) is 0 Å². The molecule has 2 unspecified atom stereocenters. The number of piperidine rings is 1.